The molecule has 3 rings (SSSR count). The Hall–Kier alpha value is -1.27. The minimum atomic E-state index is -0.310. The average molecular weight is 350 g/mol. The normalized spacial score (nSPS) is 18.0. The van der Waals surface area contributed by atoms with Crippen molar-refractivity contribution in [1.82, 2.24) is 9.55 Å². The lowest BCUT2D eigenvalue weighted by Crippen LogP contribution is -2.24. The van der Waals surface area contributed by atoms with E-state index in [1.54, 1.807) is 40.2 Å². The van der Waals surface area contributed by atoms with Crippen LogP contribution in [-0.4, -0.2) is 20.1 Å². The van der Waals surface area contributed by atoms with Gasteiger partial charge in [-0.05, 0) is 30.7 Å². The van der Waals surface area contributed by atoms with Crippen molar-refractivity contribution in [1.29, 1.82) is 0 Å². The topological polar surface area (TPSA) is 34.9 Å². The van der Waals surface area contributed by atoms with Gasteiger partial charge in [-0.15, -0.1) is 11.8 Å². The molecule has 1 aromatic heterocycles. The molecule has 0 N–H and O–H groups in total. The first-order chi connectivity index (χ1) is 11.0. The zero-order valence-electron chi connectivity index (χ0n) is 13.4. The summed E-state index contributed by atoms with van der Waals surface area (Å²) in [6, 6.07) is 6.02. The maximum absolute atomic E-state index is 13.2. The number of thioether (sulfide) groups is 2. The molecule has 23 heavy (non-hydrogen) atoms. The Morgan fingerprint density at radius 3 is 2.78 bits per heavy atom. The quantitative estimate of drug-likeness (QED) is 0.608. The molecule has 0 fully saturated rings. The lowest BCUT2D eigenvalue weighted by molar-refractivity contribution is 0.626. The fraction of sp³-hybridized carbons (Fsp3) is 0.412. The molecule has 3 nitrogen and oxygen atoms in total. The molecule has 1 aliphatic rings. The Kier molecular flexibility index (Phi) is 4.82. The molecular weight excluding hydrogens is 331 g/mol. The molecule has 0 bridgehead atoms. The summed E-state index contributed by atoms with van der Waals surface area (Å²) in [5.41, 5.74) is 1.52. The second-order valence-electron chi connectivity index (χ2n) is 5.76. The van der Waals surface area contributed by atoms with Gasteiger partial charge in [-0.3, -0.25) is 9.36 Å². The molecule has 0 saturated carbocycles. The number of aromatic nitrogens is 2. The minimum absolute atomic E-state index is 0.0400. The standard InChI is InChI=1S/C17H19FN2OS2/c1-4-10(2)23-17-19-14-9-11(3)22-15(14)16(21)20(17)13-7-5-12(18)6-8-13/h5-8,10-11H,4,9H2,1-3H3/t10-,11-/m1/s1. The van der Waals surface area contributed by atoms with E-state index in [0.29, 0.717) is 21.3 Å². The number of hydrogen-bond donors (Lipinski definition) is 0. The molecular formula is C17H19FN2OS2. The summed E-state index contributed by atoms with van der Waals surface area (Å²) >= 11 is 3.18. The molecule has 2 atom stereocenters. The zero-order valence-corrected chi connectivity index (χ0v) is 15.0. The van der Waals surface area contributed by atoms with Crippen LogP contribution in [0.2, 0.25) is 0 Å². The highest BCUT2D eigenvalue weighted by molar-refractivity contribution is 8.00. The van der Waals surface area contributed by atoms with Gasteiger partial charge in [0.15, 0.2) is 5.16 Å². The summed E-state index contributed by atoms with van der Waals surface area (Å²) in [5, 5.41) is 1.43. The summed E-state index contributed by atoms with van der Waals surface area (Å²) in [6.45, 7) is 6.34. The summed E-state index contributed by atoms with van der Waals surface area (Å²) in [4.78, 5) is 18.5. The number of rotatable bonds is 4. The maximum Gasteiger partial charge on any atom is 0.272 e. The van der Waals surface area contributed by atoms with E-state index in [4.69, 9.17) is 4.98 Å². The summed E-state index contributed by atoms with van der Waals surface area (Å²) < 4.78 is 14.9. The van der Waals surface area contributed by atoms with Crippen molar-refractivity contribution in [3.05, 3.63) is 46.1 Å². The van der Waals surface area contributed by atoms with Gasteiger partial charge < -0.3 is 0 Å². The van der Waals surface area contributed by atoms with Gasteiger partial charge in [-0.25, -0.2) is 9.37 Å². The predicted molar refractivity (Wildman–Crippen MR) is 94.4 cm³/mol. The molecule has 122 valence electrons. The highest BCUT2D eigenvalue weighted by atomic mass is 32.2. The number of nitrogens with zero attached hydrogens (tertiary/aromatic N) is 2. The number of benzene rings is 1. The van der Waals surface area contributed by atoms with Gasteiger partial charge in [0.05, 0.1) is 16.3 Å². The Labute approximate surface area is 143 Å². The van der Waals surface area contributed by atoms with E-state index in [2.05, 4.69) is 20.8 Å². The molecule has 1 aliphatic heterocycles. The van der Waals surface area contributed by atoms with E-state index in [1.807, 2.05) is 0 Å². The first kappa shape index (κ1) is 16.6. The highest BCUT2D eigenvalue weighted by Gasteiger charge is 2.27. The lowest BCUT2D eigenvalue weighted by Gasteiger charge is -2.16. The van der Waals surface area contributed by atoms with Crippen LogP contribution in [0, 0.1) is 5.82 Å². The summed E-state index contributed by atoms with van der Waals surface area (Å²) in [5.74, 6) is -0.310. The van der Waals surface area contributed by atoms with Crippen molar-refractivity contribution in [2.45, 2.75) is 54.2 Å². The molecule has 0 aliphatic carbocycles. The van der Waals surface area contributed by atoms with Crippen LogP contribution in [0.4, 0.5) is 4.39 Å². The average Bonchev–Trinajstić information content (AvgIpc) is 2.89. The van der Waals surface area contributed by atoms with Crippen molar-refractivity contribution in [2.24, 2.45) is 0 Å². The van der Waals surface area contributed by atoms with Crippen LogP contribution in [-0.2, 0) is 6.42 Å². The second kappa shape index (κ2) is 6.69. The van der Waals surface area contributed by atoms with E-state index in [0.717, 1.165) is 23.4 Å². The van der Waals surface area contributed by atoms with E-state index >= 15 is 0 Å². The van der Waals surface area contributed by atoms with Crippen LogP contribution in [0.25, 0.3) is 5.69 Å². The molecule has 2 heterocycles. The second-order valence-corrected chi connectivity index (χ2v) is 8.61. The fourth-order valence-electron chi connectivity index (χ4n) is 2.46. The van der Waals surface area contributed by atoms with Gasteiger partial charge in [0.1, 0.15) is 5.82 Å². The number of halogens is 1. The van der Waals surface area contributed by atoms with Crippen molar-refractivity contribution in [3.63, 3.8) is 0 Å². The zero-order chi connectivity index (χ0) is 16.6. The molecule has 1 aromatic carbocycles. The van der Waals surface area contributed by atoms with Crippen molar-refractivity contribution in [3.8, 4) is 5.69 Å². The third-order valence-corrected chi connectivity index (χ3v) is 6.28. The van der Waals surface area contributed by atoms with Crippen LogP contribution in [0.1, 0.15) is 32.9 Å². The van der Waals surface area contributed by atoms with Gasteiger partial charge in [-0.2, -0.15) is 0 Å². The van der Waals surface area contributed by atoms with E-state index in [9.17, 15) is 9.18 Å². The van der Waals surface area contributed by atoms with Crippen molar-refractivity contribution >= 4 is 23.5 Å². The third-order valence-electron chi connectivity index (χ3n) is 3.85. The molecule has 0 saturated heterocycles. The van der Waals surface area contributed by atoms with Gasteiger partial charge in [0, 0.05) is 16.9 Å². The SMILES string of the molecule is CC[C@@H](C)Sc1nc2c(c(=O)n1-c1ccc(F)cc1)S[C@H](C)C2. The molecule has 0 amide bonds. The van der Waals surface area contributed by atoms with Gasteiger partial charge in [0.2, 0.25) is 0 Å². The smallest absolute Gasteiger partial charge is 0.268 e. The van der Waals surface area contributed by atoms with Crippen LogP contribution >= 0.6 is 23.5 Å². The molecule has 2 aromatic rings. The number of fused-ring (bicyclic) bond motifs is 1. The van der Waals surface area contributed by atoms with Crippen molar-refractivity contribution < 1.29 is 4.39 Å². The van der Waals surface area contributed by atoms with E-state index in [-0.39, 0.29) is 11.4 Å². The largest absolute Gasteiger partial charge is 0.272 e. The summed E-state index contributed by atoms with van der Waals surface area (Å²) in [6.07, 6.45) is 1.82. The van der Waals surface area contributed by atoms with Crippen molar-refractivity contribution in [2.75, 3.05) is 0 Å². The van der Waals surface area contributed by atoms with Gasteiger partial charge in [0.25, 0.3) is 5.56 Å². The first-order valence-electron chi connectivity index (χ1n) is 7.74. The van der Waals surface area contributed by atoms with Crippen LogP contribution in [0.3, 0.4) is 0 Å². The van der Waals surface area contributed by atoms with Crippen LogP contribution in [0.5, 0.6) is 0 Å². The van der Waals surface area contributed by atoms with Gasteiger partial charge in [-0.1, -0.05) is 32.5 Å². The Morgan fingerprint density at radius 2 is 2.13 bits per heavy atom. The summed E-state index contributed by atoms with van der Waals surface area (Å²) in [7, 11) is 0. The Balaban J connectivity index is 2.17. The maximum atomic E-state index is 13.2. The molecule has 0 unspecified atom stereocenters. The fourth-order valence-corrected chi connectivity index (χ4v) is 4.54. The number of hydrogen-bond acceptors (Lipinski definition) is 4. The van der Waals surface area contributed by atoms with E-state index in [1.165, 1.54) is 12.1 Å². The molecule has 0 radical (unpaired) electrons. The van der Waals surface area contributed by atoms with Gasteiger partial charge >= 0.3 is 0 Å². The van der Waals surface area contributed by atoms with E-state index < -0.39 is 0 Å². The third kappa shape index (κ3) is 3.33. The molecule has 0 spiro atoms. The monoisotopic (exact) mass is 350 g/mol. The predicted octanol–water partition coefficient (Wildman–Crippen LogP) is 4.30. The minimum Gasteiger partial charge on any atom is -0.268 e. The lowest BCUT2D eigenvalue weighted by atomic mass is 10.2. The Morgan fingerprint density at radius 1 is 1.43 bits per heavy atom. The highest BCUT2D eigenvalue weighted by Crippen LogP contribution is 2.35. The van der Waals surface area contributed by atoms with Crippen LogP contribution in [0.15, 0.2) is 39.1 Å². The molecule has 6 heteroatoms. The first-order valence-corrected chi connectivity index (χ1v) is 9.50. The Bertz CT molecular complexity index is 773. The van der Waals surface area contributed by atoms with Crippen LogP contribution < -0.4 is 5.56 Å².